The molecule has 3 nitrogen and oxygen atoms in total. The van der Waals surface area contributed by atoms with Crippen molar-refractivity contribution in [3.8, 4) is 0 Å². The molecule has 0 aliphatic rings. The van der Waals surface area contributed by atoms with E-state index in [0.29, 0.717) is 13.0 Å². The van der Waals surface area contributed by atoms with Crippen LogP contribution in [0, 0.1) is 12.3 Å². The van der Waals surface area contributed by atoms with Gasteiger partial charge in [-0.05, 0) is 43.4 Å². The topological polar surface area (TPSA) is 55.1 Å². The van der Waals surface area contributed by atoms with Crippen molar-refractivity contribution in [2.24, 2.45) is 11.1 Å². The molecule has 0 radical (unpaired) electrons. The fourth-order valence-electron chi connectivity index (χ4n) is 1.89. The minimum Gasteiger partial charge on any atom is -0.330 e. The molecule has 0 atom stereocenters. The number of para-hydroxylation sites is 1. The Kier molecular flexibility index (Phi) is 5.35. The zero-order valence-electron chi connectivity index (χ0n) is 11.6. The van der Waals surface area contributed by atoms with Crippen LogP contribution in [0.15, 0.2) is 24.3 Å². The van der Waals surface area contributed by atoms with Crippen LogP contribution in [0.25, 0.3) is 0 Å². The minimum absolute atomic E-state index is 0.0781. The molecule has 3 heteroatoms. The first-order valence-electron chi connectivity index (χ1n) is 6.50. The van der Waals surface area contributed by atoms with E-state index in [4.69, 9.17) is 5.73 Å². The Morgan fingerprint density at radius 3 is 2.56 bits per heavy atom. The summed E-state index contributed by atoms with van der Waals surface area (Å²) in [4.78, 5) is 11.9. The largest absolute Gasteiger partial charge is 0.330 e. The van der Waals surface area contributed by atoms with E-state index < -0.39 is 0 Å². The van der Waals surface area contributed by atoms with E-state index >= 15 is 0 Å². The number of rotatable bonds is 6. The third kappa shape index (κ3) is 4.88. The molecule has 0 aliphatic heterocycles. The molecule has 0 saturated heterocycles. The summed E-state index contributed by atoms with van der Waals surface area (Å²) in [6.45, 7) is 6.97. The van der Waals surface area contributed by atoms with Gasteiger partial charge in [0.05, 0.1) is 0 Å². The zero-order chi connectivity index (χ0) is 13.6. The molecule has 1 rings (SSSR count). The van der Waals surface area contributed by atoms with E-state index in [1.807, 2.05) is 31.2 Å². The van der Waals surface area contributed by atoms with Crippen LogP contribution in [0.5, 0.6) is 0 Å². The molecule has 1 amide bonds. The van der Waals surface area contributed by atoms with E-state index in [-0.39, 0.29) is 11.3 Å². The Balaban J connectivity index is 2.46. The molecule has 0 saturated carbocycles. The predicted octanol–water partition coefficient (Wildman–Crippen LogP) is 3.09. The standard InChI is InChI=1S/C15H24N2O/c1-12-6-4-5-7-13(12)17-14(18)8-9-15(2,3)10-11-16/h4-7H,8-11,16H2,1-3H3,(H,17,18). The van der Waals surface area contributed by atoms with Crippen LogP contribution in [0.2, 0.25) is 0 Å². The maximum absolute atomic E-state index is 11.9. The fourth-order valence-corrected chi connectivity index (χ4v) is 1.89. The number of nitrogens with one attached hydrogen (secondary N) is 1. The normalized spacial score (nSPS) is 11.3. The van der Waals surface area contributed by atoms with E-state index in [2.05, 4.69) is 19.2 Å². The number of nitrogens with two attached hydrogens (primary N) is 1. The predicted molar refractivity (Wildman–Crippen MR) is 76.5 cm³/mol. The second kappa shape index (κ2) is 6.55. The Hall–Kier alpha value is -1.35. The van der Waals surface area contributed by atoms with Crippen molar-refractivity contribution in [2.45, 2.75) is 40.0 Å². The quantitative estimate of drug-likeness (QED) is 0.812. The summed E-state index contributed by atoms with van der Waals surface area (Å²) in [6.07, 6.45) is 2.36. The number of anilines is 1. The van der Waals surface area contributed by atoms with Gasteiger partial charge in [0, 0.05) is 12.1 Å². The smallest absolute Gasteiger partial charge is 0.224 e. The van der Waals surface area contributed by atoms with E-state index in [0.717, 1.165) is 24.1 Å². The Bertz CT molecular complexity index is 399. The molecule has 0 aromatic heterocycles. The molecule has 100 valence electrons. The molecule has 0 heterocycles. The van der Waals surface area contributed by atoms with Crippen molar-refractivity contribution in [1.29, 1.82) is 0 Å². The van der Waals surface area contributed by atoms with Gasteiger partial charge >= 0.3 is 0 Å². The van der Waals surface area contributed by atoms with Gasteiger partial charge in [-0.25, -0.2) is 0 Å². The number of amides is 1. The lowest BCUT2D eigenvalue weighted by Gasteiger charge is -2.23. The van der Waals surface area contributed by atoms with Gasteiger partial charge in [0.1, 0.15) is 0 Å². The van der Waals surface area contributed by atoms with Crippen LogP contribution in [0.1, 0.15) is 38.7 Å². The first-order chi connectivity index (χ1) is 8.44. The summed E-state index contributed by atoms with van der Waals surface area (Å²) in [5.41, 5.74) is 7.69. The highest BCUT2D eigenvalue weighted by atomic mass is 16.1. The summed E-state index contributed by atoms with van der Waals surface area (Å²) in [6, 6.07) is 7.82. The monoisotopic (exact) mass is 248 g/mol. The van der Waals surface area contributed by atoms with Crippen molar-refractivity contribution in [2.75, 3.05) is 11.9 Å². The second-order valence-corrected chi connectivity index (χ2v) is 5.57. The SMILES string of the molecule is Cc1ccccc1NC(=O)CCC(C)(C)CCN. The maximum Gasteiger partial charge on any atom is 0.224 e. The average Bonchev–Trinajstić information content (AvgIpc) is 2.30. The van der Waals surface area contributed by atoms with Gasteiger partial charge < -0.3 is 11.1 Å². The highest BCUT2D eigenvalue weighted by molar-refractivity contribution is 5.91. The number of aryl methyl sites for hydroxylation is 1. The zero-order valence-corrected chi connectivity index (χ0v) is 11.6. The fraction of sp³-hybridized carbons (Fsp3) is 0.533. The number of hydrogen-bond acceptors (Lipinski definition) is 2. The number of carbonyl (C=O) groups excluding carboxylic acids is 1. The van der Waals surface area contributed by atoms with Gasteiger partial charge in [0.25, 0.3) is 0 Å². The first-order valence-corrected chi connectivity index (χ1v) is 6.50. The van der Waals surface area contributed by atoms with Gasteiger partial charge in [-0.3, -0.25) is 4.79 Å². The lowest BCUT2D eigenvalue weighted by molar-refractivity contribution is -0.116. The minimum atomic E-state index is 0.0781. The highest BCUT2D eigenvalue weighted by Crippen LogP contribution is 2.26. The van der Waals surface area contributed by atoms with E-state index in [1.165, 1.54) is 0 Å². The summed E-state index contributed by atoms with van der Waals surface area (Å²) >= 11 is 0. The average molecular weight is 248 g/mol. The van der Waals surface area contributed by atoms with Crippen LogP contribution in [-0.2, 0) is 4.79 Å². The second-order valence-electron chi connectivity index (χ2n) is 5.57. The van der Waals surface area contributed by atoms with Crippen LogP contribution in [0.3, 0.4) is 0 Å². The molecule has 1 aromatic rings. The van der Waals surface area contributed by atoms with E-state index in [1.54, 1.807) is 0 Å². The third-order valence-electron chi connectivity index (χ3n) is 3.27. The Labute approximate surface area is 110 Å². The van der Waals surface area contributed by atoms with Crippen LogP contribution < -0.4 is 11.1 Å². The Morgan fingerprint density at radius 1 is 1.28 bits per heavy atom. The number of benzene rings is 1. The Morgan fingerprint density at radius 2 is 1.94 bits per heavy atom. The number of carbonyl (C=O) groups is 1. The molecule has 0 fully saturated rings. The van der Waals surface area contributed by atoms with Crippen molar-refractivity contribution >= 4 is 11.6 Å². The molecule has 18 heavy (non-hydrogen) atoms. The summed E-state index contributed by atoms with van der Waals surface area (Å²) in [5, 5.41) is 2.95. The van der Waals surface area contributed by atoms with Gasteiger partial charge in [-0.15, -0.1) is 0 Å². The van der Waals surface area contributed by atoms with Crippen LogP contribution >= 0.6 is 0 Å². The van der Waals surface area contributed by atoms with Crippen LogP contribution in [-0.4, -0.2) is 12.5 Å². The molecule has 0 spiro atoms. The molecule has 0 bridgehead atoms. The van der Waals surface area contributed by atoms with Crippen molar-refractivity contribution < 1.29 is 4.79 Å². The van der Waals surface area contributed by atoms with Crippen molar-refractivity contribution in [3.63, 3.8) is 0 Å². The lowest BCUT2D eigenvalue weighted by Crippen LogP contribution is -2.20. The number of hydrogen-bond donors (Lipinski definition) is 2. The van der Waals surface area contributed by atoms with E-state index in [9.17, 15) is 4.79 Å². The van der Waals surface area contributed by atoms with Gasteiger partial charge in [0.15, 0.2) is 0 Å². The first kappa shape index (κ1) is 14.7. The molecule has 1 aromatic carbocycles. The van der Waals surface area contributed by atoms with Gasteiger partial charge in [0.2, 0.25) is 5.91 Å². The summed E-state index contributed by atoms with van der Waals surface area (Å²) in [7, 11) is 0. The lowest BCUT2D eigenvalue weighted by atomic mass is 9.84. The summed E-state index contributed by atoms with van der Waals surface area (Å²) < 4.78 is 0. The molecular formula is C15H24N2O. The van der Waals surface area contributed by atoms with Gasteiger partial charge in [-0.2, -0.15) is 0 Å². The van der Waals surface area contributed by atoms with Crippen LogP contribution in [0.4, 0.5) is 5.69 Å². The van der Waals surface area contributed by atoms with Crippen molar-refractivity contribution in [1.82, 2.24) is 0 Å². The molecule has 0 unspecified atom stereocenters. The molecular weight excluding hydrogens is 224 g/mol. The summed E-state index contributed by atoms with van der Waals surface area (Å²) in [5.74, 6) is 0.0781. The van der Waals surface area contributed by atoms with Gasteiger partial charge in [-0.1, -0.05) is 32.0 Å². The maximum atomic E-state index is 11.9. The highest BCUT2D eigenvalue weighted by Gasteiger charge is 2.18. The molecule has 3 N–H and O–H groups in total. The van der Waals surface area contributed by atoms with Crippen molar-refractivity contribution in [3.05, 3.63) is 29.8 Å². The molecule has 0 aliphatic carbocycles. The third-order valence-corrected chi connectivity index (χ3v) is 3.27.